The van der Waals surface area contributed by atoms with Gasteiger partial charge in [-0.15, -0.1) is 0 Å². The second-order valence-corrected chi connectivity index (χ2v) is 59.1. The fraction of sp³-hybridized carbons (Fsp3) is 0.583. The summed E-state index contributed by atoms with van der Waals surface area (Å²) in [6, 6.07) is 19.5. The number of hydrogen-bond donors (Lipinski definition) is 0. The van der Waals surface area contributed by atoms with Crippen molar-refractivity contribution in [3.05, 3.63) is 82.9 Å². The molecule has 23 nitrogen and oxygen atoms in total. The quantitative estimate of drug-likeness (QED) is 0.0116. The number of carbonyl (C=O) groups excluding carboxylic acids is 4. The summed E-state index contributed by atoms with van der Waals surface area (Å²) in [6.07, 6.45) is 8.46. The molecule has 0 bridgehead atoms. The van der Waals surface area contributed by atoms with Crippen LogP contribution in [0.4, 0.5) is 5.69 Å². The van der Waals surface area contributed by atoms with Crippen molar-refractivity contribution >= 4 is 141 Å². The molecule has 0 aromatic heterocycles. The van der Waals surface area contributed by atoms with Crippen molar-refractivity contribution in [1.82, 2.24) is 4.90 Å². The number of nitrogens with zero attached hydrogens (tertiary/aromatic N) is 2. The Bertz CT molecular complexity index is 3720. The van der Waals surface area contributed by atoms with Crippen molar-refractivity contribution in [2.75, 3.05) is 106 Å². The molecule has 31 heteroatoms. The van der Waals surface area contributed by atoms with E-state index in [4.69, 9.17) is 75.6 Å². The molecular weight excluding hydrogens is 1450 g/mol. The van der Waals surface area contributed by atoms with E-state index < -0.39 is 80.3 Å². The van der Waals surface area contributed by atoms with Gasteiger partial charge in [0.1, 0.15) is 19.8 Å². The summed E-state index contributed by atoms with van der Waals surface area (Å²) in [7, 11) is -15.6. The smallest absolute Gasteiger partial charge is 0.317 e. The summed E-state index contributed by atoms with van der Waals surface area (Å²) in [5.74, 6) is -1.07. The molecule has 2 saturated heterocycles. The second-order valence-electron chi connectivity index (χ2n) is 30.2. The maximum Gasteiger partial charge on any atom is 0.317 e. The molecule has 566 valence electrons. The number of methoxy groups -OCH3 is 3. The molecule has 4 aliphatic rings. The van der Waals surface area contributed by atoms with Gasteiger partial charge >= 0.3 is 68.5 Å². The lowest BCUT2D eigenvalue weighted by atomic mass is 9.82. The van der Waals surface area contributed by atoms with Crippen LogP contribution in [-0.2, 0) is 61.3 Å². The predicted octanol–water partition coefficient (Wildman–Crippen LogP) is 15.0. The van der Waals surface area contributed by atoms with E-state index >= 15 is 19.2 Å². The van der Waals surface area contributed by atoms with Gasteiger partial charge in [0, 0.05) is 72.5 Å². The number of anilines is 1. The van der Waals surface area contributed by atoms with Crippen molar-refractivity contribution in [1.29, 1.82) is 0 Å². The van der Waals surface area contributed by atoms with Crippen molar-refractivity contribution in [2.24, 2.45) is 0 Å². The average Bonchev–Trinajstić information content (AvgIpc) is 0.689. The van der Waals surface area contributed by atoms with E-state index in [0.29, 0.717) is 85.5 Å². The summed E-state index contributed by atoms with van der Waals surface area (Å²) in [6.45, 7) is 32.6. The van der Waals surface area contributed by atoms with Crippen molar-refractivity contribution in [3.63, 3.8) is 0 Å². The maximum absolute atomic E-state index is 15.5. The molecule has 10 rings (SSSR count). The van der Waals surface area contributed by atoms with Gasteiger partial charge in [0.25, 0.3) is 23.6 Å². The standard InChI is InChI=1S/C72H110N2O21Si8/c1-79-36-39-82-42-45-85-62-50-53(51-63(86-46-43-83-40-37-80-2)68(62)87-47-44-84-41-38-81-3)74-71(77)60-34-30-56-54-28-32-58-66-59(33-29-55(64(54)66)57-31-35-61(72(74)78)67(60)65(56)57)70(76)73(69(58)75)52(26-22-18-20-24-48-102(16)92-98(8,9)88-96(4,5)89-99(10,11)93-102)27-23-19-21-25-49-103(17)94-100(12,13)90-97(6,7)91-101(14,15)95-103/h28-35,50-52H,18-27,36-49H2,1-17H3. The van der Waals surface area contributed by atoms with Crippen LogP contribution >= 0.6 is 0 Å². The molecular formula is C72H110N2O21Si8. The van der Waals surface area contributed by atoms with Gasteiger partial charge in [-0.05, 0) is 173 Å². The molecule has 0 aliphatic carbocycles. The molecule has 0 atom stereocenters. The summed E-state index contributed by atoms with van der Waals surface area (Å²) < 4.78 is 106. The van der Waals surface area contributed by atoms with Crippen molar-refractivity contribution in [2.45, 2.75) is 174 Å². The minimum Gasteiger partial charge on any atom is -0.487 e. The minimum atomic E-state index is -2.67. The number of amides is 4. The van der Waals surface area contributed by atoms with Gasteiger partial charge in [0.15, 0.2) is 11.5 Å². The number of unbranched alkanes of at least 4 members (excludes halogenated alkanes) is 6. The van der Waals surface area contributed by atoms with Gasteiger partial charge in [-0.25, -0.2) is 4.90 Å². The first kappa shape index (κ1) is 81.0. The monoisotopic (exact) mass is 1560 g/mol. The fourth-order valence-corrected chi connectivity index (χ4v) is 59.2. The molecule has 0 spiro atoms. The van der Waals surface area contributed by atoms with E-state index in [2.05, 4.69) is 91.7 Å². The van der Waals surface area contributed by atoms with E-state index in [0.717, 1.165) is 101 Å². The highest BCUT2D eigenvalue weighted by Gasteiger charge is 2.54. The molecule has 0 unspecified atom stereocenters. The molecule has 0 radical (unpaired) electrons. The molecule has 2 fully saturated rings. The lowest BCUT2D eigenvalue weighted by Gasteiger charge is -2.47. The van der Waals surface area contributed by atoms with Crippen LogP contribution in [0.25, 0.3) is 43.1 Å². The Morgan fingerprint density at radius 1 is 0.340 bits per heavy atom. The lowest BCUT2D eigenvalue weighted by Crippen LogP contribution is -2.65. The first-order valence-corrected chi connectivity index (χ1v) is 58.5. The zero-order valence-corrected chi connectivity index (χ0v) is 71.8. The van der Waals surface area contributed by atoms with Gasteiger partial charge in [0.05, 0.1) is 65.1 Å². The van der Waals surface area contributed by atoms with Crippen molar-refractivity contribution in [3.8, 4) is 17.2 Å². The Balaban J connectivity index is 0.922. The number of carbonyl (C=O) groups is 4. The van der Waals surface area contributed by atoms with E-state index in [-0.39, 0.29) is 80.4 Å². The third kappa shape index (κ3) is 19.9. The number of ether oxygens (including phenoxy) is 9. The van der Waals surface area contributed by atoms with Crippen LogP contribution < -0.4 is 19.1 Å². The van der Waals surface area contributed by atoms with Crippen molar-refractivity contribution < 1.29 is 94.7 Å². The van der Waals surface area contributed by atoms with Crippen LogP contribution in [0.5, 0.6) is 17.2 Å². The highest BCUT2D eigenvalue weighted by molar-refractivity contribution is 6.94. The molecule has 0 saturated carbocycles. The SMILES string of the molecule is COCCOCCOc1cc(N2C(=O)c3ccc4c5ccc6c7c(ccc(c8ccc(c3c48)C2=O)c75)C(=O)N(C(CCCCCC[Si]2(C)O[Si](C)(C)O[Si](C)(C)O[Si](C)(C)O2)CCCCCC[Si]2(C)O[Si](C)(C)O[Si](C)(C)O[Si](C)(C)O2)C6=O)cc(OCCOCCOC)c1OCCOCCOC. The Morgan fingerprint density at radius 2 is 0.641 bits per heavy atom. The number of imide groups is 2. The average molecular weight is 1560 g/mol. The first-order chi connectivity index (χ1) is 48.7. The molecule has 6 aromatic rings. The minimum absolute atomic E-state index is 0.0905. The zero-order chi connectivity index (χ0) is 74.3. The highest BCUT2D eigenvalue weighted by Crippen LogP contribution is 2.49. The van der Waals surface area contributed by atoms with Gasteiger partial charge < -0.3 is 75.6 Å². The van der Waals surface area contributed by atoms with E-state index in [1.54, 1.807) is 50.5 Å². The number of rotatable bonds is 37. The number of hydrogen-bond acceptors (Lipinski definition) is 21. The third-order valence-corrected chi connectivity index (χ3v) is 51.7. The summed E-state index contributed by atoms with van der Waals surface area (Å²) >= 11 is 0. The Kier molecular flexibility index (Phi) is 26.7. The Labute approximate surface area is 616 Å². The Morgan fingerprint density at radius 3 is 0.981 bits per heavy atom. The molecule has 4 amide bonds. The van der Waals surface area contributed by atoms with E-state index in [1.807, 2.05) is 36.4 Å². The van der Waals surface area contributed by atoms with Gasteiger partial charge in [-0.2, -0.15) is 0 Å². The number of benzene rings is 6. The molecule has 6 aromatic carbocycles. The summed E-state index contributed by atoms with van der Waals surface area (Å²) in [4.78, 5) is 64.4. The van der Waals surface area contributed by atoms with Gasteiger partial charge in [-0.3, -0.25) is 24.1 Å². The van der Waals surface area contributed by atoms with Crippen LogP contribution in [0, 0.1) is 0 Å². The fourth-order valence-electron chi connectivity index (χ4n) is 15.8. The first-order valence-electron chi connectivity index (χ1n) is 36.6. The van der Waals surface area contributed by atoms with Crippen LogP contribution in [0.15, 0.2) is 60.7 Å². The van der Waals surface area contributed by atoms with E-state index in [9.17, 15) is 0 Å². The van der Waals surface area contributed by atoms with Crippen LogP contribution in [0.2, 0.25) is 104 Å². The second kappa shape index (κ2) is 33.9. The maximum atomic E-state index is 15.5. The van der Waals surface area contributed by atoms with Gasteiger partial charge in [-0.1, -0.05) is 75.6 Å². The number of fused-ring (bicyclic) bond motifs is 2. The summed E-state index contributed by atoms with van der Waals surface area (Å²) in [5.41, 5.74) is 1.75. The van der Waals surface area contributed by atoms with Gasteiger partial charge in [0.2, 0.25) is 5.75 Å². The van der Waals surface area contributed by atoms with Crippen LogP contribution in [0.3, 0.4) is 0 Å². The third-order valence-electron chi connectivity index (χ3n) is 18.7. The molecule has 4 heterocycles. The largest absolute Gasteiger partial charge is 0.487 e. The van der Waals surface area contributed by atoms with Crippen LogP contribution in [-0.4, -0.2) is 204 Å². The normalized spacial score (nSPS) is 19.6. The molecule has 4 aliphatic heterocycles. The predicted molar refractivity (Wildman–Crippen MR) is 417 cm³/mol. The highest BCUT2D eigenvalue weighted by atomic mass is 28.5. The Hall–Kier alpha value is -4.52. The zero-order valence-electron chi connectivity index (χ0n) is 63.8. The van der Waals surface area contributed by atoms with E-state index in [1.165, 1.54) is 0 Å². The van der Waals surface area contributed by atoms with Crippen LogP contribution in [0.1, 0.15) is 106 Å². The molecule has 0 N–H and O–H groups in total. The topological polar surface area (TPSA) is 232 Å². The molecule has 103 heavy (non-hydrogen) atoms. The summed E-state index contributed by atoms with van der Waals surface area (Å²) in [5, 5.41) is 5.77. The lowest BCUT2D eigenvalue weighted by molar-refractivity contribution is 0.0468.